The molecule has 9 nitrogen and oxygen atoms in total. The molecule has 0 saturated carbocycles. The summed E-state index contributed by atoms with van der Waals surface area (Å²) >= 11 is 0. The van der Waals surface area contributed by atoms with Crippen LogP contribution in [0.2, 0.25) is 0 Å². The second kappa shape index (κ2) is 15.5. The Labute approximate surface area is 311 Å². The number of fused-ring (bicyclic) bond motifs is 2. The number of Topliss-reactive ketones (excluding diaryl/α,β-unsaturated/α-hetero) is 2. The van der Waals surface area contributed by atoms with Gasteiger partial charge < -0.3 is 8.97 Å². The number of hydrogen-bond donors (Lipinski definition) is 0. The van der Waals surface area contributed by atoms with Crippen LogP contribution >= 0.6 is 0 Å². The third-order valence-corrected chi connectivity index (χ3v) is 11.6. The van der Waals surface area contributed by atoms with Crippen molar-refractivity contribution >= 4 is 34.8 Å². The lowest BCUT2D eigenvalue weighted by Crippen LogP contribution is -2.47. The molecule has 5 rings (SSSR count). The van der Waals surface area contributed by atoms with Crippen molar-refractivity contribution in [3.05, 3.63) is 95.1 Å². The third kappa shape index (κ3) is 8.94. The summed E-state index contributed by atoms with van der Waals surface area (Å²) in [6, 6.07) is 23.4. The van der Waals surface area contributed by atoms with Gasteiger partial charge in [-0.1, -0.05) is 36.4 Å². The fraction of sp³-hybridized carbons (Fsp3) is 0.488. The zero-order valence-electron chi connectivity index (χ0n) is 32.9. The van der Waals surface area contributed by atoms with E-state index in [0.717, 1.165) is 82.9 Å². The predicted molar refractivity (Wildman–Crippen MR) is 211 cm³/mol. The highest BCUT2D eigenvalue weighted by atomic mass is 16.2. The minimum atomic E-state index is -0.511. The number of quaternary nitrogens is 4. The number of nitrogens with zero attached hydrogens (tertiary/aromatic N) is 5. The SMILES string of the molecule is C[N+](C)(CCCC1C(=O)c2ccccc2C1=O)CCC[N+](C)(C)c1ccc([N+](C)(C)CCC[N+](C)(C)CCCN2C(=O)c3ccccc3C2=O)cc1. The fourth-order valence-corrected chi connectivity index (χ4v) is 8.02. The van der Waals surface area contributed by atoms with Crippen molar-refractivity contribution in [1.29, 1.82) is 0 Å². The van der Waals surface area contributed by atoms with Gasteiger partial charge in [-0.05, 0) is 25.0 Å². The molecule has 0 aromatic heterocycles. The molecule has 1 heterocycles. The molecule has 0 fully saturated rings. The molecule has 0 saturated heterocycles. The Morgan fingerprint density at radius 2 is 0.827 bits per heavy atom. The molecule has 0 N–H and O–H groups in total. The van der Waals surface area contributed by atoms with Gasteiger partial charge in [0.15, 0.2) is 11.6 Å². The van der Waals surface area contributed by atoms with Crippen molar-refractivity contribution in [2.24, 2.45) is 5.92 Å². The minimum absolute atomic E-state index is 0.00622. The molecule has 278 valence electrons. The van der Waals surface area contributed by atoms with Gasteiger partial charge in [0.2, 0.25) is 0 Å². The van der Waals surface area contributed by atoms with E-state index in [2.05, 4.69) is 80.6 Å². The molecule has 9 heteroatoms. The maximum atomic E-state index is 12.8. The topological polar surface area (TPSA) is 71.5 Å². The Hall–Kier alpha value is -4.02. The predicted octanol–water partition coefficient (Wildman–Crippen LogP) is 5.92. The molecule has 52 heavy (non-hydrogen) atoms. The molecule has 1 aliphatic carbocycles. The van der Waals surface area contributed by atoms with Gasteiger partial charge in [-0.3, -0.25) is 33.0 Å². The summed E-state index contributed by atoms with van der Waals surface area (Å²) < 4.78 is 3.33. The lowest BCUT2D eigenvalue weighted by atomic mass is 9.97. The summed E-state index contributed by atoms with van der Waals surface area (Å²) in [6.45, 7) is 6.38. The minimum Gasteiger partial charge on any atom is -0.328 e. The zero-order valence-corrected chi connectivity index (χ0v) is 32.9. The summed E-state index contributed by atoms with van der Waals surface area (Å²) in [6.07, 6.45) is 4.39. The van der Waals surface area contributed by atoms with E-state index >= 15 is 0 Å². The van der Waals surface area contributed by atoms with Gasteiger partial charge in [0.05, 0.1) is 113 Å². The first kappa shape index (κ1) is 39.2. The van der Waals surface area contributed by atoms with Crippen molar-refractivity contribution in [1.82, 2.24) is 13.9 Å². The highest BCUT2D eigenvalue weighted by Gasteiger charge is 2.38. The lowest BCUT2D eigenvalue weighted by Gasteiger charge is -2.35. The maximum absolute atomic E-state index is 12.8. The highest BCUT2D eigenvalue weighted by molar-refractivity contribution is 6.26. The van der Waals surface area contributed by atoms with Crippen LogP contribution in [0.5, 0.6) is 0 Å². The van der Waals surface area contributed by atoms with Gasteiger partial charge in [0.1, 0.15) is 11.4 Å². The number of carbonyl (C=O) groups excluding carboxylic acids is 4. The van der Waals surface area contributed by atoms with E-state index in [1.165, 1.54) is 16.3 Å². The van der Waals surface area contributed by atoms with Gasteiger partial charge in [0.25, 0.3) is 11.8 Å². The van der Waals surface area contributed by atoms with E-state index in [-0.39, 0.29) is 23.4 Å². The summed E-state index contributed by atoms with van der Waals surface area (Å²) in [4.78, 5) is 52.5. The molecule has 2 aliphatic rings. The normalized spacial score (nSPS) is 15.5. The molecular weight excluding hydrogens is 651 g/mol. The quantitative estimate of drug-likeness (QED) is 0.0935. The van der Waals surface area contributed by atoms with Crippen molar-refractivity contribution in [3.63, 3.8) is 0 Å². The van der Waals surface area contributed by atoms with Crippen LogP contribution in [0.3, 0.4) is 0 Å². The molecule has 0 spiro atoms. The van der Waals surface area contributed by atoms with E-state index in [1.807, 2.05) is 24.3 Å². The van der Waals surface area contributed by atoms with E-state index in [0.29, 0.717) is 35.2 Å². The van der Waals surface area contributed by atoms with Crippen molar-refractivity contribution in [2.45, 2.75) is 32.1 Å². The fourth-order valence-electron chi connectivity index (χ4n) is 8.02. The number of imide groups is 1. The second-order valence-corrected chi connectivity index (χ2v) is 17.4. The second-order valence-electron chi connectivity index (χ2n) is 17.4. The number of ketones is 2. The van der Waals surface area contributed by atoms with Gasteiger partial charge in [-0.15, -0.1) is 0 Å². The van der Waals surface area contributed by atoms with Crippen molar-refractivity contribution < 1.29 is 28.1 Å². The molecule has 0 unspecified atom stereocenters. The molecule has 2 amide bonds. The van der Waals surface area contributed by atoms with Gasteiger partial charge in [0, 0.05) is 61.2 Å². The molecule has 0 bridgehead atoms. The van der Waals surface area contributed by atoms with E-state index in [4.69, 9.17) is 0 Å². The van der Waals surface area contributed by atoms with Crippen LogP contribution in [-0.2, 0) is 0 Å². The standard InChI is InChI=1S/C43H61N5O4/c1-45(2,27-13-21-39-40(49)35-17-9-10-18-36(35)41(39)50)29-15-31-47(5,6)33-22-24-34(25-23-33)48(7,8)32-16-30-46(3,4)28-14-26-44-42(51)37-19-11-12-20-38(37)43(44)52/h9-12,17-20,22-25,39H,13-16,21,26-32H2,1-8H3/q+4. The number of rotatable bonds is 18. The van der Waals surface area contributed by atoms with Crippen molar-refractivity contribution in [2.75, 3.05) is 102 Å². The Morgan fingerprint density at radius 3 is 1.25 bits per heavy atom. The van der Waals surface area contributed by atoms with E-state index < -0.39 is 5.92 Å². The third-order valence-electron chi connectivity index (χ3n) is 11.6. The van der Waals surface area contributed by atoms with Gasteiger partial charge in [-0.25, -0.2) is 0 Å². The average molecular weight is 712 g/mol. The van der Waals surface area contributed by atoms with E-state index in [9.17, 15) is 19.2 Å². The highest BCUT2D eigenvalue weighted by Crippen LogP contribution is 2.30. The lowest BCUT2D eigenvalue weighted by molar-refractivity contribution is -0.890. The van der Waals surface area contributed by atoms with Crippen LogP contribution < -0.4 is 8.97 Å². The Bertz CT molecular complexity index is 1590. The number of hydrogen-bond acceptors (Lipinski definition) is 4. The van der Waals surface area contributed by atoms with E-state index in [1.54, 1.807) is 24.3 Å². The summed E-state index contributed by atoms with van der Waals surface area (Å²) in [5, 5.41) is 0. The summed E-state index contributed by atoms with van der Waals surface area (Å²) in [5.41, 5.74) is 4.81. The zero-order chi connectivity index (χ0) is 37.9. The Kier molecular flexibility index (Phi) is 11.7. The maximum Gasteiger partial charge on any atom is 0.261 e. The summed E-state index contributed by atoms with van der Waals surface area (Å²) in [7, 11) is 18.1. The van der Waals surface area contributed by atoms with Crippen molar-refractivity contribution in [3.8, 4) is 0 Å². The molecular formula is C43H61N5O4+4. The summed E-state index contributed by atoms with van der Waals surface area (Å²) in [5.74, 6) is -0.867. The van der Waals surface area contributed by atoms with Crippen LogP contribution in [0.25, 0.3) is 0 Å². The molecule has 3 aromatic rings. The smallest absolute Gasteiger partial charge is 0.261 e. The van der Waals surface area contributed by atoms with Gasteiger partial charge >= 0.3 is 0 Å². The first-order chi connectivity index (χ1) is 24.4. The van der Waals surface area contributed by atoms with Crippen LogP contribution in [0, 0.1) is 5.92 Å². The number of amides is 2. The first-order valence-corrected chi connectivity index (χ1v) is 19.0. The largest absolute Gasteiger partial charge is 0.328 e. The number of benzene rings is 3. The van der Waals surface area contributed by atoms with Crippen LogP contribution in [0.4, 0.5) is 11.4 Å². The Morgan fingerprint density at radius 1 is 0.462 bits per heavy atom. The molecule has 0 radical (unpaired) electrons. The van der Waals surface area contributed by atoms with Crippen LogP contribution in [0.15, 0.2) is 72.8 Å². The Balaban J connectivity index is 1.02. The molecule has 1 aliphatic heterocycles. The molecule has 3 aromatic carbocycles. The first-order valence-electron chi connectivity index (χ1n) is 19.0. The average Bonchev–Trinajstić information content (AvgIpc) is 3.48. The van der Waals surface area contributed by atoms with Gasteiger partial charge in [-0.2, -0.15) is 0 Å². The number of carbonyl (C=O) groups is 4. The monoisotopic (exact) mass is 711 g/mol. The van der Waals surface area contributed by atoms with Crippen LogP contribution in [-0.4, -0.2) is 139 Å². The molecule has 0 atom stereocenters. The van der Waals surface area contributed by atoms with Crippen LogP contribution in [0.1, 0.15) is 73.5 Å².